The molecular weight excluding hydrogens is 374 g/mol. The molecule has 1 heterocycles. The number of carbonyl (C=O) groups excluding carboxylic acids is 2. The summed E-state index contributed by atoms with van der Waals surface area (Å²) in [5, 5.41) is 0. The van der Waals surface area contributed by atoms with Crippen molar-refractivity contribution in [3.63, 3.8) is 0 Å². The fourth-order valence-corrected chi connectivity index (χ4v) is 3.43. The van der Waals surface area contributed by atoms with Crippen molar-refractivity contribution >= 4 is 22.4 Å². The van der Waals surface area contributed by atoms with Crippen molar-refractivity contribution in [2.24, 2.45) is 0 Å². The molecule has 0 bridgehead atoms. The van der Waals surface area contributed by atoms with Crippen molar-refractivity contribution in [2.75, 3.05) is 13.1 Å². The second-order valence-electron chi connectivity index (χ2n) is 8.61. The smallest absolute Gasteiger partial charge is 0.422 e. The summed E-state index contributed by atoms with van der Waals surface area (Å²) in [7, 11) is -3.98. The first-order valence-corrected chi connectivity index (χ1v) is 10.7. The summed E-state index contributed by atoms with van der Waals surface area (Å²) in [6, 6.07) is 0.0307. The summed E-state index contributed by atoms with van der Waals surface area (Å²) in [6.45, 7) is 11.2. The minimum absolute atomic E-state index is 0.0307. The lowest BCUT2D eigenvalue weighted by molar-refractivity contribution is 0.0219. The van der Waals surface area contributed by atoms with Gasteiger partial charge in [-0.05, 0) is 67.2 Å². The van der Waals surface area contributed by atoms with Gasteiger partial charge in [-0.25, -0.2) is 14.3 Å². The van der Waals surface area contributed by atoms with Crippen LogP contribution >= 0.6 is 0 Å². The van der Waals surface area contributed by atoms with Crippen molar-refractivity contribution in [2.45, 2.75) is 84.5 Å². The predicted octanol–water partition coefficient (Wildman–Crippen LogP) is 2.53. The first-order valence-electron chi connectivity index (χ1n) is 9.18. The molecular formula is C17H33N3O6S. The molecule has 1 atom stereocenters. The van der Waals surface area contributed by atoms with E-state index in [1.807, 2.05) is 25.5 Å². The minimum Gasteiger partial charge on any atom is -0.444 e. The van der Waals surface area contributed by atoms with Gasteiger partial charge in [-0.2, -0.15) is 13.1 Å². The van der Waals surface area contributed by atoms with Crippen LogP contribution < -0.4 is 9.44 Å². The predicted molar refractivity (Wildman–Crippen MR) is 101 cm³/mol. The summed E-state index contributed by atoms with van der Waals surface area (Å²) >= 11 is 0. The van der Waals surface area contributed by atoms with Crippen molar-refractivity contribution < 1.29 is 27.5 Å². The van der Waals surface area contributed by atoms with E-state index in [0.717, 1.165) is 12.8 Å². The van der Waals surface area contributed by atoms with Crippen LogP contribution in [0, 0.1) is 0 Å². The number of nitrogens with zero attached hydrogens (tertiary/aromatic N) is 1. The van der Waals surface area contributed by atoms with Crippen LogP contribution in [0.4, 0.5) is 9.59 Å². The van der Waals surface area contributed by atoms with Crippen LogP contribution in [0.5, 0.6) is 0 Å². The molecule has 1 aliphatic rings. The van der Waals surface area contributed by atoms with E-state index in [9.17, 15) is 18.0 Å². The zero-order valence-electron chi connectivity index (χ0n) is 17.1. The number of rotatable bonds is 6. The molecule has 0 saturated carbocycles. The summed E-state index contributed by atoms with van der Waals surface area (Å²) < 4.78 is 38.1. The lowest BCUT2D eigenvalue weighted by Crippen LogP contribution is -2.43. The molecule has 0 aliphatic carbocycles. The molecule has 1 rings (SSSR count). The van der Waals surface area contributed by atoms with E-state index in [1.165, 1.54) is 0 Å². The van der Waals surface area contributed by atoms with Crippen LogP contribution in [0.15, 0.2) is 0 Å². The molecule has 158 valence electrons. The van der Waals surface area contributed by atoms with E-state index in [-0.39, 0.29) is 18.7 Å². The summed E-state index contributed by atoms with van der Waals surface area (Å²) in [4.78, 5) is 25.5. The maximum atomic E-state index is 12.2. The third kappa shape index (κ3) is 9.81. The van der Waals surface area contributed by atoms with Gasteiger partial charge in [-0.1, -0.05) is 0 Å². The van der Waals surface area contributed by atoms with Gasteiger partial charge in [0.1, 0.15) is 11.2 Å². The molecule has 2 N–H and O–H groups in total. The van der Waals surface area contributed by atoms with Gasteiger partial charge < -0.3 is 14.4 Å². The Hall–Kier alpha value is -1.55. The molecule has 0 unspecified atom stereocenters. The number of nitrogens with one attached hydrogen (secondary N) is 2. The van der Waals surface area contributed by atoms with Crippen molar-refractivity contribution in [3.8, 4) is 0 Å². The van der Waals surface area contributed by atoms with Crippen molar-refractivity contribution in [1.82, 2.24) is 14.3 Å². The molecule has 1 saturated heterocycles. The van der Waals surface area contributed by atoms with Gasteiger partial charge in [-0.3, -0.25) is 0 Å². The van der Waals surface area contributed by atoms with E-state index < -0.39 is 27.5 Å². The third-order valence-corrected chi connectivity index (χ3v) is 4.65. The molecule has 1 fully saturated rings. The van der Waals surface area contributed by atoms with Crippen molar-refractivity contribution in [1.29, 1.82) is 0 Å². The van der Waals surface area contributed by atoms with Crippen LogP contribution in [-0.4, -0.2) is 55.8 Å². The van der Waals surface area contributed by atoms with Gasteiger partial charge in [0.2, 0.25) is 0 Å². The molecule has 0 aromatic rings. The van der Waals surface area contributed by atoms with Crippen LogP contribution in [0.25, 0.3) is 0 Å². The Morgan fingerprint density at radius 3 is 2.22 bits per heavy atom. The molecule has 10 heteroatoms. The van der Waals surface area contributed by atoms with Gasteiger partial charge in [-0.15, -0.1) is 0 Å². The zero-order chi connectivity index (χ0) is 20.9. The molecule has 2 amide bonds. The standard InChI is InChI=1S/C17H33N3O6S/c1-16(2,3)25-14(21)19-27(23,24)18-11-7-9-13-10-8-12-20(13)15(22)26-17(4,5)6/h13,18H,7-12H2,1-6H3,(H,19,21)/t13-/m1/s1. The average Bonchev–Trinajstić information content (AvgIpc) is 2.87. The lowest BCUT2D eigenvalue weighted by Gasteiger charge is -2.28. The van der Waals surface area contributed by atoms with Crippen LogP contribution in [0.1, 0.15) is 67.2 Å². The van der Waals surface area contributed by atoms with Gasteiger partial charge >= 0.3 is 22.4 Å². The SMILES string of the molecule is CC(C)(C)OC(=O)NS(=O)(=O)NCCC[C@@H]1CCCN1C(=O)OC(C)(C)C. The van der Waals surface area contributed by atoms with Crippen LogP contribution in [-0.2, 0) is 19.7 Å². The number of likely N-dealkylation sites (tertiary alicyclic amines) is 1. The normalized spacial score (nSPS) is 18.3. The maximum absolute atomic E-state index is 12.2. The monoisotopic (exact) mass is 407 g/mol. The molecule has 1 aliphatic heterocycles. The highest BCUT2D eigenvalue weighted by atomic mass is 32.2. The van der Waals surface area contributed by atoms with Crippen molar-refractivity contribution in [3.05, 3.63) is 0 Å². The zero-order valence-corrected chi connectivity index (χ0v) is 17.9. The highest BCUT2D eigenvalue weighted by Gasteiger charge is 2.31. The van der Waals surface area contributed by atoms with E-state index in [4.69, 9.17) is 9.47 Å². The van der Waals surface area contributed by atoms with E-state index in [1.54, 1.807) is 25.7 Å². The first-order chi connectivity index (χ1) is 12.2. The fraction of sp³-hybridized carbons (Fsp3) is 0.882. The highest BCUT2D eigenvalue weighted by Crippen LogP contribution is 2.23. The first kappa shape index (κ1) is 23.5. The fourth-order valence-electron chi connectivity index (χ4n) is 2.69. The Balaban J connectivity index is 2.39. The number of ether oxygens (including phenoxy) is 2. The Kier molecular flexibility index (Phi) is 7.91. The molecule has 9 nitrogen and oxygen atoms in total. The largest absolute Gasteiger partial charge is 0.444 e. The number of hydrogen-bond donors (Lipinski definition) is 2. The topological polar surface area (TPSA) is 114 Å². The Morgan fingerprint density at radius 2 is 1.67 bits per heavy atom. The maximum Gasteiger partial charge on any atom is 0.422 e. The van der Waals surface area contributed by atoms with Gasteiger partial charge in [0, 0.05) is 19.1 Å². The van der Waals surface area contributed by atoms with Gasteiger partial charge in [0.05, 0.1) is 0 Å². The highest BCUT2D eigenvalue weighted by molar-refractivity contribution is 7.88. The molecule has 0 aromatic carbocycles. The lowest BCUT2D eigenvalue weighted by atomic mass is 10.1. The number of carbonyl (C=O) groups is 2. The van der Waals surface area contributed by atoms with E-state index in [0.29, 0.717) is 19.4 Å². The molecule has 0 aromatic heterocycles. The third-order valence-electron chi connectivity index (χ3n) is 3.63. The van der Waals surface area contributed by atoms with Crippen LogP contribution in [0.3, 0.4) is 0 Å². The quantitative estimate of drug-likeness (QED) is 0.654. The van der Waals surface area contributed by atoms with Crippen LogP contribution in [0.2, 0.25) is 0 Å². The Morgan fingerprint density at radius 1 is 1.07 bits per heavy atom. The molecule has 0 spiro atoms. The second-order valence-corrected chi connectivity index (χ2v) is 10.1. The van der Waals surface area contributed by atoms with Gasteiger partial charge in [0.25, 0.3) is 0 Å². The minimum atomic E-state index is -3.98. The summed E-state index contributed by atoms with van der Waals surface area (Å²) in [5.41, 5.74) is -1.33. The Labute approximate surface area is 162 Å². The second kappa shape index (κ2) is 9.09. The van der Waals surface area contributed by atoms with E-state index >= 15 is 0 Å². The summed E-state index contributed by atoms with van der Waals surface area (Å²) in [5.74, 6) is 0. The number of amides is 2. The van der Waals surface area contributed by atoms with Gasteiger partial charge in [0.15, 0.2) is 0 Å². The average molecular weight is 408 g/mol. The number of hydrogen-bond acceptors (Lipinski definition) is 6. The Bertz CT molecular complexity index is 622. The molecule has 0 radical (unpaired) electrons. The summed E-state index contributed by atoms with van der Waals surface area (Å²) in [6.07, 6.45) is 1.57. The molecule has 27 heavy (non-hydrogen) atoms. The van der Waals surface area contributed by atoms with E-state index in [2.05, 4.69) is 4.72 Å².